The van der Waals surface area contributed by atoms with Crippen LogP contribution in [0.2, 0.25) is 0 Å². The highest BCUT2D eigenvalue weighted by atomic mass is 32.2. The molecule has 0 bridgehead atoms. The van der Waals surface area contributed by atoms with Gasteiger partial charge in [0.05, 0.1) is 23.0 Å². The lowest BCUT2D eigenvalue weighted by atomic mass is 9.97. The van der Waals surface area contributed by atoms with Gasteiger partial charge >= 0.3 is 0 Å². The molecule has 0 saturated carbocycles. The van der Waals surface area contributed by atoms with E-state index >= 15 is 0 Å². The molecule has 0 radical (unpaired) electrons. The molecular weight excluding hydrogens is 561 g/mol. The molecule has 1 aliphatic carbocycles. The zero-order chi connectivity index (χ0) is 28.6. The standard InChI is InChI=1S/C34H28N4O2S2/c1-21-14-16-24(17-15-21)38-33(40)31-27-12-6-7-13-29(27)42-32(31)36-34(38)41-20-30(39)37-35-19-28-25-10-4-2-8-22(25)18-23-9-3-5-11-26(23)28/h2-5,8-11,14-19H,6-7,12-13,20H2,1H3,(H,37,39)/b35-19+. The number of benzene rings is 4. The third-order valence-corrected chi connectivity index (χ3v) is 9.90. The summed E-state index contributed by atoms with van der Waals surface area (Å²) < 4.78 is 1.66. The van der Waals surface area contributed by atoms with Crippen LogP contribution in [0.3, 0.4) is 0 Å². The highest BCUT2D eigenvalue weighted by molar-refractivity contribution is 7.99. The van der Waals surface area contributed by atoms with E-state index in [9.17, 15) is 9.59 Å². The van der Waals surface area contributed by atoms with Crippen molar-refractivity contribution in [1.29, 1.82) is 0 Å². The molecule has 6 nitrogen and oxygen atoms in total. The van der Waals surface area contributed by atoms with E-state index < -0.39 is 0 Å². The van der Waals surface area contributed by atoms with E-state index in [1.807, 2.05) is 55.5 Å². The van der Waals surface area contributed by atoms with Crippen LogP contribution in [0.1, 0.15) is 34.4 Å². The Morgan fingerprint density at radius 3 is 2.43 bits per heavy atom. The van der Waals surface area contributed by atoms with Crippen LogP contribution in [0, 0.1) is 6.92 Å². The molecule has 4 aromatic carbocycles. The van der Waals surface area contributed by atoms with Crippen LogP contribution < -0.4 is 11.0 Å². The molecule has 0 atom stereocenters. The Bertz CT molecular complexity index is 2020. The number of thiophene rings is 1. The minimum atomic E-state index is -0.268. The first-order chi connectivity index (χ1) is 20.6. The number of aromatic nitrogens is 2. The maximum atomic E-state index is 13.9. The fourth-order valence-corrected chi connectivity index (χ4v) is 7.83. The van der Waals surface area contributed by atoms with Crippen LogP contribution in [0.5, 0.6) is 0 Å². The first-order valence-electron chi connectivity index (χ1n) is 14.1. The molecule has 0 fully saturated rings. The number of nitrogens with zero attached hydrogens (tertiary/aromatic N) is 3. The topological polar surface area (TPSA) is 76.3 Å². The summed E-state index contributed by atoms with van der Waals surface area (Å²) in [5, 5.41) is 9.95. The number of nitrogens with one attached hydrogen (secondary N) is 1. The molecule has 2 aromatic heterocycles. The minimum absolute atomic E-state index is 0.0629. The largest absolute Gasteiger partial charge is 0.272 e. The van der Waals surface area contributed by atoms with Gasteiger partial charge in [0, 0.05) is 10.4 Å². The molecule has 7 rings (SSSR count). The van der Waals surface area contributed by atoms with Gasteiger partial charge in [-0.15, -0.1) is 11.3 Å². The molecule has 0 saturated heterocycles. The predicted molar refractivity (Wildman–Crippen MR) is 175 cm³/mol. The van der Waals surface area contributed by atoms with Crippen LogP contribution in [-0.2, 0) is 17.6 Å². The van der Waals surface area contributed by atoms with Gasteiger partial charge in [-0.2, -0.15) is 5.10 Å². The average molecular weight is 589 g/mol. The Labute approximate surface area is 251 Å². The van der Waals surface area contributed by atoms with Crippen LogP contribution in [-0.4, -0.2) is 27.4 Å². The van der Waals surface area contributed by atoms with Gasteiger partial charge in [-0.25, -0.2) is 10.4 Å². The predicted octanol–water partition coefficient (Wildman–Crippen LogP) is 7.18. The van der Waals surface area contributed by atoms with Crippen molar-refractivity contribution >= 4 is 67.0 Å². The number of amides is 1. The van der Waals surface area contributed by atoms with Crippen molar-refractivity contribution in [2.45, 2.75) is 37.8 Å². The highest BCUT2D eigenvalue weighted by Gasteiger charge is 2.23. The minimum Gasteiger partial charge on any atom is -0.272 e. The van der Waals surface area contributed by atoms with Gasteiger partial charge in [0.2, 0.25) is 0 Å². The Kier molecular flexibility index (Phi) is 7.09. The maximum absolute atomic E-state index is 13.9. The molecule has 0 spiro atoms. The molecule has 6 aromatic rings. The third-order valence-electron chi connectivity index (χ3n) is 7.78. The van der Waals surface area contributed by atoms with E-state index in [1.54, 1.807) is 22.1 Å². The summed E-state index contributed by atoms with van der Waals surface area (Å²) in [5.41, 5.74) is 6.60. The first kappa shape index (κ1) is 26.6. The van der Waals surface area contributed by atoms with Gasteiger partial charge in [-0.1, -0.05) is 78.0 Å². The number of aryl methyl sites for hydroxylation is 3. The number of carbonyl (C=O) groups excluding carboxylic acids is 1. The van der Waals surface area contributed by atoms with Crippen LogP contribution in [0.15, 0.2) is 93.9 Å². The number of carbonyl (C=O) groups is 1. The summed E-state index contributed by atoms with van der Waals surface area (Å²) in [5.74, 6) is -0.196. The molecular formula is C34H28N4O2S2. The molecule has 1 N–H and O–H groups in total. The maximum Gasteiger partial charge on any atom is 0.267 e. The van der Waals surface area contributed by atoms with E-state index in [0.717, 1.165) is 79.8 Å². The number of fused-ring (bicyclic) bond motifs is 5. The Morgan fingerprint density at radius 1 is 1.00 bits per heavy atom. The molecule has 8 heteroatoms. The zero-order valence-corrected chi connectivity index (χ0v) is 24.7. The van der Waals surface area contributed by atoms with Gasteiger partial charge in [0.25, 0.3) is 11.5 Å². The second-order valence-electron chi connectivity index (χ2n) is 10.6. The van der Waals surface area contributed by atoms with Crippen molar-refractivity contribution in [2.75, 3.05) is 5.75 Å². The third kappa shape index (κ3) is 4.91. The second-order valence-corrected chi connectivity index (χ2v) is 12.6. The number of hydrogen-bond donors (Lipinski definition) is 1. The van der Waals surface area contributed by atoms with Gasteiger partial charge in [0.1, 0.15) is 4.83 Å². The van der Waals surface area contributed by atoms with E-state index in [2.05, 4.69) is 40.9 Å². The summed E-state index contributed by atoms with van der Waals surface area (Å²) in [6.45, 7) is 2.02. The van der Waals surface area contributed by atoms with Crippen LogP contribution >= 0.6 is 23.1 Å². The monoisotopic (exact) mass is 588 g/mol. The summed E-state index contributed by atoms with van der Waals surface area (Å²) in [6, 6.07) is 26.3. The van der Waals surface area contributed by atoms with Gasteiger partial charge in [0.15, 0.2) is 5.16 Å². The van der Waals surface area contributed by atoms with Crippen molar-refractivity contribution in [2.24, 2.45) is 5.10 Å². The normalized spacial score (nSPS) is 13.3. The average Bonchev–Trinajstić information content (AvgIpc) is 3.39. The summed E-state index contributed by atoms with van der Waals surface area (Å²) in [4.78, 5) is 33.9. The molecule has 208 valence electrons. The van der Waals surface area contributed by atoms with E-state index in [-0.39, 0.29) is 17.2 Å². The quantitative estimate of drug-likeness (QED) is 0.0735. The SMILES string of the molecule is Cc1ccc(-n2c(SCC(=O)N/N=C/c3c4ccccc4cc4ccccc34)nc3sc4c(c3c2=O)CCCC4)cc1. The van der Waals surface area contributed by atoms with Crippen LogP contribution in [0.25, 0.3) is 37.4 Å². The van der Waals surface area contributed by atoms with Crippen LogP contribution in [0.4, 0.5) is 0 Å². The Balaban J connectivity index is 1.18. The van der Waals surface area contributed by atoms with E-state index in [0.29, 0.717) is 5.16 Å². The van der Waals surface area contributed by atoms with E-state index in [1.165, 1.54) is 16.6 Å². The molecule has 1 amide bonds. The lowest BCUT2D eigenvalue weighted by Crippen LogP contribution is -2.24. The van der Waals surface area contributed by atoms with Crippen molar-refractivity contribution < 1.29 is 4.79 Å². The fourth-order valence-electron chi connectivity index (χ4n) is 5.72. The van der Waals surface area contributed by atoms with Crippen molar-refractivity contribution in [3.63, 3.8) is 0 Å². The highest BCUT2D eigenvalue weighted by Crippen LogP contribution is 2.35. The fraction of sp³-hybridized carbons (Fsp3) is 0.176. The lowest BCUT2D eigenvalue weighted by molar-refractivity contribution is -0.118. The van der Waals surface area contributed by atoms with Gasteiger partial charge < -0.3 is 0 Å². The van der Waals surface area contributed by atoms with Crippen molar-refractivity contribution in [1.82, 2.24) is 15.0 Å². The molecule has 0 unspecified atom stereocenters. The zero-order valence-electron chi connectivity index (χ0n) is 23.1. The molecule has 0 aliphatic heterocycles. The smallest absolute Gasteiger partial charge is 0.267 e. The molecule has 42 heavy (non-hydrogen) atoms. The van der Waals surface area contributed by atoms with Gasteiger partial charge in [-0.3, -0.25) is 14.2 Å². The molecule has 1 aliphatic rings. The Morgan fingerprint density at radius 2 is 1.69 bits per heavy atom. The summed E-state index contributed by atoms with van der Waals surface area (Å²) >= 11 is 2.87. The molecule has 2 heterocycles. The number of rotatable bonds is 6. The number of hydrogen-bond acceptors (Lipinski definition) is 6. The van der Waals surface area contributed by atoms with E-state index in [4.69, 9.17) is 4.98 Å². The van der Waals surface area contributed by atoms with Gasteiger partial charge in [-0.05, 0) is 77.9 Å². The Hall–Kier alpha value is -4.27. The number of thioether (sulfide) groups is 1. The summed E-state index contributed by atoms with van der Waals surface area (Å²) in [7, 11) is 0. The summed E-state index contributed by atoms with van der Waals surface area (Å²) in [6.07, 6.45) is 5.86. The van der Waals surface area contributed by atoms with Crippen molar-refractivity contribution in [3.05, 3.63) is 111 Å². The first-order valence-corrected chi connectivity index (χ1v) is 15.9. The van der Waals surface area contributed by atoms with Crippen molar-refractivity contribution in [3.8, 4) is 5.69 Å². The number of hydrazone groups is 1. The second kappa shape index (κ2) is 11.2. The lowest BCUT2D eigenvalue weighted by Gasteiger charge is -2.13.